The van der Waals surface area contributed by atoms with Crippen molar-refractivity contribution in [3.8, 4) is 0 Å². The molecule has 1 fully saturated rings. The van der Waals surface area contributed by atoms with Gasteiger partial charge in [0, 0.05) is 38.4 Å². The predicted octanol–water partition coefficient (Wildman–Crippen LogP) is 2.31. The number of benzene rings is 1. The van der Waals surface area contributed by atoms with Gasteiger partial charge < -0.3 is 10.6 Å². The standard InChI is InChI=1S/C20H30N6O2S.HI/c1-15-13-16(2)26(24-15)12-4-11-22-20(21-3)23-14-17-5-9-19(10-6-17)29(27,28)25-18-7-8-18;/h5-6,9-10,13,18,25H,4,7-8,11-12,14H2,1-3H3,(H2,21,22,23);1H. The molecule has 0 spiro atoms. The second kappa shape index (κ2) is 11.1. The fraction of sp³-hybridized carbons (Fsp3) is 0.500. The van der Waals surface area contributed by atoms with Crippen LogP contribution in [0.3, 0.4) is 0 Å². The Bertz CT molecular complexity index is 952. The van der Waals surface area contributed by atoms with Crippen molar-refractivity contribution >= 4 is 40.0 Å². The highest BCUT2D eigenvalue weighted by atomic mass is 127. The monoisotopic (exact) mass is 546 g/mol. The van der Waals surface area contributed by atoms with Crippen molar-refractivity contribution in [2.75, 3.05) is 13.6 Å². The number of sulfonamides is 1. The third-order valence-corrected chi connectivity index (χ3v) is 6.30. The van der Waals surface area contributed by atoms with Crippen LogP contribution in [0, 0.1) is 13.8 Å². The van der Waals surface area contributed by atoms with E-state index in [1.165, 1.54) is 5.69 Å². The van der Waals surface area contributed by atoms with Crippen LogP contribution in [0.15, 0.2) is 40.2 Å². The van der Waals surface area contributed by atoms with Crippen LogP contribution in [-0.4, -0.2) is 43.8 Å². The van der Waals surface area contributed by atoms with Crippen molar-refractivity contribution in [3.63, 3.8) is 0 Å². The van der Waals surface area contributed by atoms with Crippen molar-refractivity contribution in [2.45, 2.75) is 57.1 Å². The molecular formula is C20H31IN6O2S. The first-order chi connectivity index (χ1) is 13.9. The lowest BCUT2D eigenvalue weighted by Gasteiger charge is -2.13. The zero-order valence-electron chi connectivity index (χ0n) is 17.7. The highest BCUT2D eigenvalue weighted by Crippen LogP contribution is 2.22. The van der Waals surface area contributed by atoms with E-state index in [-0.39, 0.29) is 30.0 Å². The third kappa shape index (κ3) is 7.24. The molecule has 30 heavy (non-hydrogen) atoms. The molecule has 1 aromatic carbocycles. The zero-order valence-corrected chi connectivity index (χ0v) is 20.8. The smallest absolute Gasteiger partial charge is 0.240 e. The minimum atomic E-state index is -3.40. The van der Waals surface area contributed by atoms with Gasteiger partial charge in [-0.1, -0.05) is 12.1 Å². The lowest BCUT2D eigenvalue weighted by molar-refractivity contribution is 0.555. The van der Waals surface area contributed by atoms with Gasteiger partial charge in [-0.25, -0.2) is 13.1 Å². The maximum absolute atomic E-state index is 12.2. The summed E-state index contributed by atoms with van der Waals surface area (Å²) in [6.45, 7) is 6.26. The first-order valence-corrected chi connectivity index (χ1v) is 11.4. The van der Waals surface area contributed by atoms with Crippen LogP contribution in [0.2, 0.25) is 0 Å². The van der Waals surface area contributed by atoms with Gasteiger partial charge in [-0.05, 0) is 56.9 Å². The molecule has 1 aliphatic carbocycles. The quantitative estimate of drug-likeness (QED) is 0.194. The van der Waals surface area contributed by atoms with Crippen LogP contribution in [0.1, 0.15) is 36.2 Å². The van der Waals surface area contributed by atoms with Crippen LogP contribution in [0.5, 0.6) is 0 Å². The van der Waals surface area contributed by atoms with E-state index in [9.17, 15) is 8.42 Å². The zero-order chi connectivity index (χ0) is 20.9. The number of halogens is 1. The van der Waals surface area contributed by atoms with Crippen LogP contribution < -0.4 is 15.4 Å². The SMILES string of the molecule is CN=C(NCCCn1nc(C)cc1C)NCc1ccc(S(=O)(=O)NC2CC2)cc1.I. The van der Waals surface area contributed by atoms with Gasteiger partial charge in [0.15, 0.2) is 5.96 Å². The number of hydrogen-bond acceptors (Lipinski definition) is 4. The fourth-order valence-electron chi connectivity index (χ4n) is 3.02. The Labute approximate surface area is 196 Å². The van der Waals surface area contributed by atoms with Gasteiger partial charge in [0.1, 0.15) is 0 Å². The van der Waals surface area contributed by atoms with Gasteiger partial charge in [-0.3, -0.25) is 9.67 Å². The van der Waals surface area contributed by atoms with E-state index in [2.05, 4.69) is 38.4 Å². The summed E-state index contributed by atoms with van der Waals surface area (Å²) < 4.78 is 29.1. The second-order valence-corrected chi connectivity index (χ2v) is 9.11. The third-order valence-electron chi connectivity index (χ3n) is 4.76. The number of aromatic nitrogens is 2. The Morgan fingerprint density at radius 3 is 2.47 bits per heavy atom. The number of hydrogen-bond donors (Lipinski definition) is 3. The maximum Gasteiger partial charge on any atom is 0.240 e. The molecule has 10 heteroatoms. The molecule has 0 radical (unpaired) electrons. The molecule has 8 nitrogen and oxygen atoms in total. The molecule has 1 aromatic heterocycles. The van der Waals surface area contributed by atoms with Crippen molar-refractivity contribution in [1.29, 1.82) is 0 Å². The summed E-state index contributed by atoms with van der Waals surface area (Å²) in [6.07, 6.45) is 2.78. The van der Waals surface area contributed by atoms with E-state index in [1.54, 1.807) is 19.2 Å². The first kappa shape index (κ1) is 24.6. The van der Waals surface area contributed by atoms with E-state index in [0.29, 0.717) is 17.4 Å². The number of aryl methyl sites for hydroxylation is 3. The lowest BCUT2D eigenvalue weighted by Crippen LogP contribution is -2.37. The molecule has 0 unspecified atom stereocenters. The Morgan fingerprint density at radius 2 is 1.90 bits per heavy atom. The highest BCUT2D eigenvalue weighted by molar-refractivity contribution is 14.0. The Morgan fingerprint density at radius 1 is 1.20 bits per heavy atom. The molecule has 0 saturated heterocycles. The minimum absolute atomic E-state index is 0. The Kier molecular flexibility index (Phi) is 9.10. The number of rotatable bonds is 9. The Hall–Kier alpha value is -1.66. The van der Waals surface area contributed by atoms with Gasteiger partial charge >= 0.3 is 0 Å². The van der Waals surface area contributed by atoms with E-state index in [0.717, 1.165) is 43.6 Å². The molecule has 0 aliphatic heterocycles. The van der Waals surface area contributed by atoms with Gasteiger partial charge in [-0.15, -0.1) is 24.0 Å². The van der Waals surface area contributed by atoms with E-state index in [1.807, 2.05) is 23.7 Å². The summed E-state index contributed by atoms with van der Waals surface area (Å²) in [5.74, 6) is 0.713. The number of nitrogens with zero attached hydrogens (tertiary/aromatic N) is 3. The molecule has 1 aliphatic rings. The van der Waals surface area contributed by atoms with Gasteiger partial charge in [0.25, 0.3) is 0 Å². The molecule has 1 saturated carbocycles. The minimum Gasteiger partial charge on any atom is -0.356 e. The Balaban J connectivity index is 0.00000320. The normalized spacial score (nSPS) is 14.3. The number of aliphatic imine (C=N–C) groups is 1. The molecule has 0 bridgehead atoms. The van der Waals surface area contributed by atoms with Gasteiger partial charge in [0.2, 0.25) is 10.0 Å². The lowest BCUT2D eigenvalue weighted by atomic mass is 10.2. The molecule has 3 rings (SSSR count). The van der Waals surface area contributed by atoms with Crippen LogP contribution >= 0.6 is 24.0 Å². The van der Waals surface area contributed by atoms with Gasteiger partial charge in [0.05, 0.1) is 10.6 Å². The molecule has 0 amide bonds. The molecule has 3 N–H and O–H groups in total. The van der Waals surface area contributed by atoms with Crippen molar-refractivity contribution in [2.24, 2.45) is 4.99 Å². The number of nitrogens with one attached hydrogen (secondary N) is 3. The van der Waals surface area contributed by atoms with E-state index >= 15 is 0 Å². The molecular weight excluding hydrogens is 515 g/mol. The average molecular weight is 546 g/mol. The molecule has 2 aromatic rings. The summed E-state index contributed by atoms with van der Waals surface area (Å²) in [4.78, 5) is 4.54. The van der Waals surface area contributed by atoms with Crippen molar-refractivity contribution in [3.05, 3.63) is 47.3 Å². The van der Waals surface area contributed by atoms with Crippen LogP contribution in [0.25, 0.3) is 0 Å². The van der Waals surface area contributed by atoms with Crippen molar-refractivity contribution in [1.82, 2.24) is 25.1 Å². The van der Waals surface area contributed by atoms with Crippen LogP contribution in [0.4, 0.5) is 0 Å². The van der Waals surface area contributed by atoms with Crippen LogP contribution in [-0.2, 0) is 23.1 Å². The van der Waals surface area contributed by atoms with Crippen molar-refractivity contribution < 1.29 is 8.42 Å². The number of guanidine groups is 1. The second-order valence-electron chi connectivity index (χ2n) is 7.40. The maximum atomic E-state index is 12.2. The largest absolute Gasteiger partial charge is 0.356 e. The summed E-state index contributed by atoms with van der Waals surface area (Å²) in [7, 11) is -1.67. The first-order valence-electron chi connectivity index (χ1n) is 9.94. The summed E-state index contributed by atoms with van der Waals surface area (Å²) in [5.41, 5.74) is 3.19. The highest BCUT2D eigenvalue weighted by Gasteiger charge is 2.27. The van der Waals surface area contributed by atoms with E-state index in [4.69, 9.17) is 0 Å². The molecule has 166 valence electrons. The predicted molar refractivity (Wildman–Crippen MR) is 130 cm³/mol. The van der Waals surface area contributed by atoms with E-state index < -0.39 is 10.0 Å². The summed E-state index contributed by atoms with van der Waals surface area (Å²) in [5, 5.41) is 11.0. The molecule has 1 heterocycles. The topological polar surface area (TPSA) is 100 Å². The fourth-order valence-corrected chi connectivity index (χ4v) is 4.32. The summed E-state index contributed by atoms with van der Waals surface area (Å²) >= 11 is 0. The summed E-state index contributed by atoms with van der Waals surface area (Å²) in [6, 6.07) is 9.12. The van der Waals surface area contributed by atoms with Gasteiger partial charge in [-0.2, -0.15) is 5.10 Å². The molecule has 0 atom stereocenters. The average Bonchev–Trinajstić information content (AvgIpc) is 3.43.